The Balaban J connectivity index is 1.85. The van der Waals surface area contributed by atoms with Crippen molar-refractivity contribution in [3.63, 3.8) is 0 Å². The van der Waals surface area contributed by atoms with Crippen molar-refractivity contribution in [2.75, 3.05) is 24.6 Å². The maximum Gasteiger partial charge on any atom is 0.163 e. The second-order valence-corrected chi connectivity index (χ2v) is 9.02. The Labute approximate surface area is 188 Å². The summed E-state index contributed by atoms with van der Waals surface area (Å²) < 4.78 is 0. The van der Waals surface area contributed by atoms with Crippen LogP contribution in [0.25, 0.3) is 0 Å². The Kier molecular flexibility index (Phi) is 6.86. The fourth-order valence-corrected chi connectivity index (χ4v) is 5.45. The first kappa shape index (κ1) is 21.4. The van der Waals surface area contributed by atoms with E-state index in [4.69, 9.17) is 0 Å². The molecule has 0 aromatic heterocycles. The van der Waals surface area contributed by atoms with E-state index in [0.29, 0.717) is 5.56 Å². The van der Waals surface area contributed by atoms with Crippen molar-refractivity contribution in [1.82, 2.24) is 4.90 Å². The maximum atomic E-state index is 13.4. The highest BCUT2D eigenvalue weighted by Crippen LogP contribution is 2.45. The molecule has 0 radical (unpaired) electrons. The molecule has 0 N–H and O–H groups in total. The smallest absolute Gasteiger partial charge is 0.163 e. The third kappa shape index (κ3) is 4.44. The normalized spacial score (nSPS) is 17.3. The zero-order valence-corrected chi connectivity index (χ0v) is 18.3. The molecule has 0 amide bonds. The van der Waals surface area contributed by atoms with Crippen LogP contribution in [-0.4, -0.2) is 35.3 Å². The van der Waals surface area contributed by atoms with E-state index in [-0.39, 0.29) is 18.1 Å². The minimum Gasteiger partial charge on any atom is -0.294 e. The Morgan fingerprint density at radius 2 is 1.45 bits per heavy atom. The van der Waals surface area contributed by atoms with Gasteiger partial charge in [-0.3, -0.25) is 9.69 Å². The van der Waals surface area contributed by atoms with Crippen molar-refractivity contribution in [1.29, 1.82) is 5.26 Å². The van der Waals surface area contributed by atoms with Crippen LogP contribution in [-0.2, 0) is 5.54 Å². The summed E-state index contributed by atoms with van der Waals surface area (Å²) in [7, 11) is 0. The first-order chi connectivity index (χ1) is 15.3. The van der Waals surface area contributed by atoms with Crippen LogP contribution in [0.2, 0.25) is 0 Å². The summed E-state index contributed by atoms with van der Waals surface area (Å²) in [5.74, 6) is 1.77. The Bertz CT molecular complexity index is 1030. The molecule has 0 spiro atoms. The first-order valence-corrected chi connectivity index (χ1v) is 11.8. The van der Waals surface area contributed by atoms with E-state index in [1.54, 1.807) is 0 Å². The van der Waals surface area contributed by atoms with Crippen molar-refractivity contribution in [3.05, 3.63) is 108 Å². The van der Waals surface area contributed by atoms with E-state index in [1.165, 1.54) is 0 Å². The number of carbonyl (C=O) groups excluding carboxylic acids is 1. The van der Waals surface area contributed by atoms with Crippen molar-refractivity contribution in [2.24, 2.45) is 0 Å². The Hall–Kier alpha value is -2.87. The number of carbonyl (C=O) groups is 1. The molecule has 0 aliphatic carbocycles. The largest absolute Gasteiger partial charge is 0.294 e. The van der Waals surface area contributed by atoms with Gasteiger partial charge >= 0.3 is 0 Å². The quantitative estimate of drug-likeness (QED) is 0.467. The zero-order valence-electron chi connectivity index (χ0n) is 17.5. The van der Waals surface area contributed by atoms with Gasteiger partial charge in [-0.05, 0) is 11.1 Å². The second kappa shape index (κ2) is 9.96. The minimum absolute atomic E-state index is 0.0661. The van der Waals surface area contributed by atoms with Gasteiger partial charge in [0.25, 0.3) is 0 Å². The van der Waals surface area contributed by atoms with Gasteiger partial charge in [0, 0.05) is 42.5 Å². The molecular weight excluding hydrogens is 400 g/mol. The number of nitriles is 1. The number of hydrogen-bond acceptors (Lipinski definition) is 4. The standard InChI is InChI=1S/C27H26N2OS/c28-21-27(24-14-8-3-9-15-24,29-16-18-31-19-17-29)25(22-10-4-1-5-11-22)20-26(30)23-12-6-2-7-13-23/h1-15,25H,16-20H2. The maximum absolute atomic E-state index is 13.4. The molecule has 4 heteroatoms. The molecular formula is C27H26N2OS. The first-order valence-electron chi connectivity index (χ1n) is 10.7. The van der Waals surface area contributed by atoms with Gasteiger partial charge in [0.05, 0.1) is 6.07 Å². The molecule has 31 heavy (non-hydrogen) atoms. The van der Waals surface area contributed by atoms with Gasteiger partial charge in [-0.15, -0.1) is 0 Å². The van der Waals surface area contributed by atoms with Crippen LogP contribution < -0.4 is 0 Å². The van der Waals surface area contributed by atoms with Crippen LogP contribution >= 0.6 is 11.8 Å². The van der Waals surface area contributed by atoms with Gasteiger partial charge in [0.2, 0.25) is 0 Å². The number of benzene rings is 3. The number of thioether (sulfide) groups is 1. The van der Waals surface area contributed by atoms with E-state index in [1.807, 2.05) is 90.6 Å². The average Bonchev–Trinajstić information content (AvgIpc) is 2.86. The predicted octanol–water partition coefficient (Wildman–Crippen LogP) is 5.51. The summed E-state index contributed by atoms with van der Waals surface area (Å²) >= 11 is 1.92. The Morgan fingerprint density at radius 3 is 2.03 bits per heavy atom. The number of nitrogens with zero attached hydrogens (tertiary/aromatic N) is 2. The summed E-state index contributed by atoms with van der Waals surface area (Å²) in [4.78, 5) is 15.7. The topological polar surface area (TPSA) is 44.1 Å². The van der Waals surface area contributed by atoms with Gasteiger partial charge in [-0.1, -0.05) is 91.0 Å². The van der Waals surface area contributed by atoms with E-state index in [0.717, 1.165) is 35.7 Å². The van der Waals surface area contributed by atoms with Crippen molar-refractivity contribution in [3.8, 4) is 6.07 Å². The molecule has 1 heterocycles. The van der Waals surface area contributed by atoms with Gasteiger partial charge in [-0.25, -0.2) is 0 Å². The molecule has 4 rings (SSSR count). The SMILES string of the molecule is N#CC(c1ccccc1)(C(CC(=O)c1ccccc1)c1ccccc1)N1CCSCC1. The molecule has 1 aliphatic rings. The lowest BCUT2D eigenvalue weighted by Crippen LogP contribution is -2.53. The van der Waals surface area contributed by atoms with Crippen LogP contribution in [0.5, 0.6) is 0 Å². The highest BCUT2D eigenvalue weighted by atomic mass is 32.2. The van der Waals surface area contributed by atoms with Crippen molar-refractivity contribution in [2.45, 2.75) is 17.9 Å². The molecule has 3 aromatic rings. The van der Waals surface area contributed by atoms with Gasteiger partial charge in [0.15, 0.2) is 5.78 Å². The van der Waals surface area contributed by atoms with Crippen LogP contribution in [0, 0.1) is 11.3 Å². The second-order valence-electron chi connectivity index (χ2n) is 7.80. The van der Waals surface area contributed by atoms with E-state index in [9.17, 15) is 10.1 Å². The fourth-order valence-electron chi connectivity index (χ4n) is 4.55. The average molecular weight is 427 g/mol. The molecule has 1 fully saturated rings. The summed E-state index contributed by atoms with van der Waals surface area (Å²) in [5, 5.41) is 10.8. The third-order valence-corrected chi connectivity index (χ3v) is 7.03. The number of Topliss-reactive ketones (excluding diaryl/α,β-unsaturated/α-hetero) is 1. The summed E-state index contributed by atoms with van der Waals surface area (Å²) in [5.41, 5.74) is 1.76. The van der Waals surface area contributed by atoms with Crippen molar-refractivity contribution >= 4 is 17.5 Å². The predicted molar refractivity (Wildman–Crippen MR) is 127 cm³/mol. The molecule has 2 atom stereocenters. The van der Waals surface area contributed by atoms with E-state index >= 15 is 0 Å². The summed E-state index contributed by atoms with van der Waals surface area (Å²) in [6.45, 7) is 1.66. The van der Waals surface area contributed by atoms with Crippen LogP contribution in [0.3, 0.4) is 0 Å². The number of rotatable bonds is 7. The monoisotopic (exact) mass is 426 g/mol. The van der Waals surface area contributed by atoms with Gasteiger partial charge in [0.1, 0.15) is 5.54 Å². The van der Waals surface area contributed by atoms with Crippen LogP contribution in [0.15, 0.2) is 91.0 Å². The minimum atomic E-state index is -0.909. The highest BCUT2D eigenvalue weighted by Gasteiger charge is 2.47. The third-order valence-electron chi connectivity index (χ3n) is 6.09. The molecule has 3 nitrogen and oxygen atoms in total. The molecule has 0 saturated carbocycles. The fraction of sp³-hybridized carbons (Fsp3) is 0.259. The Morgan fingerprint density at radius 1 is 0.903 bits per heavy atom. The number of hydrogen-bond donors (Lipinski definition) is 0. The molecule has 2 unspecified atom stereocenters. The van der Waals surface area contributed by atoms with Crippen LogP contribution in [0.1, 0.15) is 33.8 Å². The van der Waals surface area contributed by atoms with Crippen molar-refractivity contribution < 1.29 is 4.79 Å². The highest BCUT2D eigenvalue weighted by molar-refractivity contribution is 7.99. The molecule has 1 aliphatic heterocycles. The number of ketones is 1. The zero-order chi connectivity index (χ0) is 21.5. The lowest BCUT2D eigenvalue weighted by atomic mass is 9.71. The summed E-state index contributed by atoms with van der Waals surface area (Å²) in [6, 6.07) is 32.2. The van der Waals surface area contributed by atoms with Gasteiger partial charge < -0.3 is 0 Å². The summed E-state index contributed by atoms with van der Waals surface area (Å²) in [6.07, 6.45) is 0.278. The van der Waals surface area contributed by atoms with Crippen LogP contribution in [0.4, 0.5) is 0 Å². The lowest BCUT2D eigenvalue weighted by Gasteiger charge is -2.46. The van der Waals surface area contributed by atoms with E-state index < -0.39 is 5.54 Å². The van der Waals surface area contributed by atoms with E-state index in [2.05, 4.69) is 23.1 Å². The lowest BCUT2D eigenvalue weighted by molar-refractivity contribution is 0.0866. The molecule has 1 saturated heterocycles. The molecule has 0 bridgehead atoms. The molecule has 156 valence electrons. The molecule has 3 aromatic carbocycles. The van der Waals surface area contributed by atoms with Gasteiger partial charge in [-0.2, -0.15) is 17.0 Å².